The zero-order valence-corrected chi connectivity index (χ0v) is 16.7. The van der Waals surface area contributed by atoms with E-state index in [0.717, 1.165) is 17.0 Å². The lowest BCUT2D eigenvalue weighted by molar-refractivity contribution is 0.101. The highest BCUT2D eigenvalue weighted by molar-refractivity contribution is 6.48. The van der Waals surface area contributed by atoms with Crippen molar-refractivity contribution in [3.05, 3.63) is 65.7 Å². The largest absolute Gasteiger partial charge is 0.324 e. The van der Waals surface area contributed by atoms with Gasteiger partial charge in [-0.05, 0) is 38.1 Å². The number of nitrogens with one attached hydrogen (secondary N) is 1. The Morgan fingerprint density at radius 2 is 1.62 bits per heavy atom. The number of benzene rings is 2. The number of likely N-dealkylation sites (tertiary alicyclic amines) is 1. The van der Waals surface area contributed by atoms with Crippen molar-refractivity contribution in [3.8, 4) is 0 Å². The smallest absolute Gasteiger partial charge is 0.321 e. The Kier molecular flexibility index (Phi) is 5.01. The number of urea groups is 1. The number of ketones is 1. The molecule has 2 heterocycles. The van der Waals surface area contributed by atoms with Crippen molar-refractivity contribution in [1.82, 2.24) is 4.90 Å². The summed E-state index contributed by atoms with van der Waals surface area (Å²) < 4.78 is 0. The van der Waals surface area contributed by atoms with E-state index in [9.17, 15) is 9.59 Å². The van der Waals surface area contributed by atoms with Gasteiger partial charge in [-0.15, -0.1) is 0 Å². The van der Waals surface area contributed by atoms with E-state index >= 15 is 0 Å². The van der Waals surface area contributed by atoms with Crippen LogP contribution in [0.4, 0.5) is 10.5 Å². The number of rotatable bonds is 3. The van der Waals surface area contributed by atoms with E-state index in [2.05, 4.69) is 17.4 Å². The topological polar surface area (TPSA) is 74.1 Å². The van der Waals surface area contributed by atoms with Crippen LogP contribution in [-0.4, -0.2) is 46.9 Å². The van der Waals surface area contributed by atoms with Gasteiger partial charge in [-0.3, -0.25) is 14.8 Å². The van der Waals surface area contributed by atoms with Gasteiger partial charge in [0.1, 0.15) is 0 Å². The van der Waals surface area contributed by atoms with E-state index in [1.54, 1.807) is 29.2 Å². The number of nitrogens with zero attached hydrogens (tertiary/aromatic N) is 3. The zero-order chi connectivity index (χ0) is 20.4. The van der Waals surface area contributed by atoms with Crippen molar-refractivity contribution in [2.75, 3.05) is 18.4 Å². The van der Waals surface area contributed by atoms with Crippen molar-refractivity contribution in [2.45, 2.75) is 32.4 Å². The monoisotopic (exact) mass is 388 g/mol. The Bertz CT molecular complexity index is 985. The van der Waals surface area contributed by atoms with Crippen LogP contribution in [0.15, 0.2) is 64.6 Å². The fourth-order valence-electron chi connectivity index (χ4n) is 3.83. The van der Waals surface area contributed by atoms with Gasteiger partial charge in [0.15, 0.2) is 11.4 Å². The summed E-state index contributed by atoms with van der Waals surface area (Å²) in [6, 6.07) is 16.9. The molecule has 0 saturated carbocycles. The van der Waals surface area contributed by atoms with Crippen LogP contribution in [0.1, 0.15) is 42.6 Å². The first-order valence-electron chi connectivity index (χ1n) is 9.85. The summed E-state index contributed by atoms with van der Waals surface area (Å²) in [5.41, 5.74) is 3.85. The van der Waals surface area contributed by atoms with Crippen LogP contribution >= 0.6 is 0 Å². The number of aliphatic imine (C=N–C) groups is 2. The average molecular weight is 388 g/mol. The Hall–Kier alpha value is -3.28. The molecule has 4 rings (SSSR count). The van der Waals surface area contributed by atoms with Gasteiger partial charge < -0.3 is 10.2 Å². The molecule has 0 bridgehead atoms. The molecule has 1 saturated heterocycles. The zero-order valence-electron chi connectivity index (χ0n) is 16.7. The molecule has 0 unspecified atom stereocenters. The van der Waals surface area contributed by atoms with E-state index < -0.39 is 5.66 Å². The van der Waals surface area contributed by atoms with Crippen molar-refractivity contribution >= 4 is 28.9 Å². The molecule has 0 aromatic heterocycles. The molecule has 2 aromatic rings. The van der Waals surface area contributed by atoms with Crippen LogP contribution in [0.3, 0.4) is 0 Å². The third-order valence-corrected chi connectivity index (χ3v) is 5.48. The second kappa shape index (κ2) is 7.62. The molecular weight excluding hydrogens is 364 g/mol. The molecule has 2 amide bonds. The molecule has 0 atom stereocenters. The van der Waals surface area contributed by atoms with Gasteiger partial charge >= 0.3 is 6.03 Å². The van der Waals surface area contributed by atoms with Crippen molar-refractivity contribution < 1.29 is 9.59 Å². The molecule has 0 aliphatic carbocycles. The average Bonchev–Trinajstić information content (AvgIpc) is 3.05. The number of carbonyl (C=O) groups excluding carboxylic acids is 2. The Labute approximate surface area is 170 Å². The number of anilines is 1. The van der Waals surface area contributed by atoms with Crippen molar-refractivity contribution in [2.24, 2.45) is 9.98 Å². The number of hydrogen-bond donors (Lipinski definition) is 1. The molecule has 1 spiro atoms. The standard InChI is InChI=1S/C23H24N4O2/c1-16-21(19-6-4-3-5-7-19)26-23(25-16)12-14-27(15-13-23)22(29)24-20-10-8-18(9-11-20)17(2)28/h3-11H,12-15H2,1-2H3,(H,24,29). The van der Waals surface area contributed by atoms with Gasteiger partial charge in [0.05, 0.1) is 11.4 Å². The molecular formula is C23H24N4O2. The van der Waals surface area contributed by atoms with Crippen LogP contribution in [0.5, 0.6) is 0 Å². The Balaban J connectivity index is 1.40. The highest BCUT2D eigenvalue weighted by Gasteiger charge is 2.39. The van der Waals surface area contributed by atoms with Gasteiger partial charge in [0.25, 0.3) is 0 Å². The SMILES string of the molecule is CC(=O)c1ccc(NC(=O)N2CCC3(CC2)N=C(C)C(c2ccccc2)=N3)cc1. The predicted octanol–water partition coefficient (Wildman–Crippen LogP) is 4.18. The Morgan fingerprint density at radius 3 is 2.24 bits per heavy atom. The summed E-state index contributed by atoms with van der Waals surface area (Å²) in [4.78, 5) is 35.6. The predicted molar refractivity (Wildman–Crippen MR) is 115 cm³/mol. The van der Waals surface area contributed by atoms with Crippen LogP contribution in [0, 0.1) is 0 Å². The lowest BCUT2D eigenvalue weighted by Crippen LogP contribution is -2.46. The van der Waals surface area contributed by atoms with Crippen molar-refractivity contribution in [1.29, 1.82) is 0 Å². The van der Waals surface area contributed by atoms with Crippen LogP contribution in [0.2, 0.25) is 0 Å². The number of Topliss-reactive ketones (excluding diaryl/α,β-unsaturated/α-hetero) is 1. The number of piperidine rings is 1. The highest BCUT2D eigenvalue weighted by atomic mass is 16.2. The van der Waals surface area contributed by atoms with E-state index in [1.807, 2.05) is 25.1 Å². The fourth-order valence-corrected chi connectivity index (χ4v) is 3.83. The third kappa shape index (κ3) is 3.97. The van der Waals surface area contributed by atoms with Gasteiger partial charge in [-0.2, -0.15) is 0 Å². The fraction of sp³-hybridized carbons (Fsp3) is 0.304. The normalized spacial score (nSPS) is 17.7. The molecule has 0 radical (unpaired) electrons. The maximum Gasteiger partial charge on any atom is 0.321 e. The molecule has 1 N–H and O–H groups in total. The first-order valence-corrected chi connectivity index (χ1v) is 9.85. The summed E-state index contributed by atoms with van der Waals surface area (Å²) in [7, 11) is 0. The molecule has 6 nitrogen and oxygen atoms in total. The quantitative estimate of drug-likeness (QED) is 0.801. The van der Waals surface area contributed by atoms with Gasteiger partial charge in [-0.25, -0.2) is 4.79 Å². The maximum absolute atomic E-state index is 12.6. The van der Waals surface area contributed by atoms with E-state index in [0.29, 0.717) is 37.2 Å². The lowest BCUT2D eigenvalue weighted by atomic mass is 9.98. The second-order valence-electron chi connectivity index (χ2n) is 7.56. The molecule has 29 heavy (non-hydrogen) atoms. The summed E-state index contributed by atoms with van der Waals surface area (Å²) >= 11 is 0. The molecule has 2 aromatic carbocycles. The summed E-state index contributed by atoms with van der Waals surface area (Å²) in [6.45, 7) is 4.72. The molecule has 148 valence electrons. The van der Waals surface area contributed by atoms with Gasteiger partial charge in [0.2, 0.25) is 0 Å². The maximum atomic E-state index is 12.6. The van der Waals surface area contributed by atoms with Crippen LogP contribution in [0.25, 0.3) is 0 Å². The third-order valence-electron chi connectivity index (χ3n) is 5.48. The first kappa shape index (κ1) is 19.1. The molecule has 2 aliphatic heterocycles. The minimum absolute atomic E-state index is 0.00652. The van der Waals surface area contributed by atoms with Crippen LogP contribution < -0.4 is 5.32 Å². The van der Waals surface area contributed by atoms with E-state index in [4.69, 9.17) is 9.98 Å². The highest BCUT2D eigenvalue weighted by Crippen LogP contribution is 2.33. The minimum Gasteiger partial charge on any atom is -0.324 e. The van der Waals surface area contributed by atoms with Gasteiger partial charge in [-0.1, -0.05) is 30.3 Å². The molecule has 2 aliphatic rings. The molecule has 6 heteroatoms. The summed E-state index contributed by atoms with van der Waals surface area (Å²) in [6.07, 6.45) is 1.41. The number of amides is 2. The van der Waals surface area contributed by atoms with E-state index in [-0.39, 0.29) is 11.8 Å². The Morgan fingerprint density at radius 1 is 0.966 bits per heavy atom. The number of carbonyl (C=O) groups is 2. The van der Waals surface area contributed by atoms with Crippen LogP contribution in [-0.2, 0) is 0 Å². The molecule has 1 fully saturated rings. The lowest BCUT2D eigenvalue weighted by Gasteiger charge is -2.35. The summed E-state index contributed by atoms with van der Waals surface area (Å²) in [5, 5.41) is 2.90. The first-order chi connectivity index (χ1) is 14.0. The number of hydrogen-bond acceptors (Lipinski definition) is 4. The van der Waals surface area contributed by atoms with E-state index in [1.165, 1.54) is 6.92 Å². The van der Waals surface area contributed by atoms with Crippen molar-refractivity contribution in [3.63, 3.8) is 0 Å². The summed E-state index contributed by atoms with van der Waals surface area (Å²) in [5.74, 6) is 0.00652. The second-order valence-corrected chi connectivity index (χ2v) is 7.56. The minimum atomic E-state index is -0.449. The van der Waals surface area contributed by atoms with Gasteiger partial charge in [0, 0.05) is 42.7 Å².